The van der Waals surface area contributed by atoms with Gasteiger partial charge < -0.3 is 0 Å². The van der Waals surface area contributed by atoms with Crippen molar-refractivity contribution in [1.82, 2.24) is 0 Å². The minimum Gasteiger partial charge on any atom is -0.0952 e. The molecule has 1 heteroatoms. The third-order valence-corrected chi connectivity index (χ3v) is 1.08. The maximum atomic E-state index is 3.78. The van der Waals surface area contributed by atoms with E-state index in [9.17, 15) is 0 Å². The van der Waals surface area contributed by atoms with Gasteiger partial charge in [-0.2, -0.15) is 0 Å². The van der Waals surface area contributed by atoms with E-state index in [1.54, 1.807) is 0 Å². The molecule has 0 saturated heterocycles. The van der Waals surface area contributed by atoms with E-state index in [4.69, 9.17) is 0 Å². The smallest absolute Gasteiger partial charge is 0.0149 e. The molecule has 0 fully saturated rings. The van der Waals surface area contributed by atoms with Crippen LogP contribution < -0.4 is 0 Å². The summed E-state index contributed by atoms with van der Waals surface area (Å²) in [5, 5.41) is 0. The summed E-state index contributed by atoms with van der Waals surface area (Å²) in [6.45, 7) is 5.85. The molecule has 0 unspecified atom stereocenters. The molecule has 1 rings (SSSR count). The van der Waals surface area contributed by atoms with Gasteiger partial charge in [-0.1, -0.05) is 52.7 Å². The van der Waals surface area contributed by atoms with Crippen LogP contribution in [0, 0.1) is 6.42 Å². The van der Waals surface area contributed by atoms with Crippen molar-refractivity contribution < 1.29 is 0 Å². The quantitative estimate of drug-likeness (QED) is 0.588. The van der Waals surface area contributed by atoms with Gasteiger partial charge >= 0.3 is 0 Å². The van der Waals surface area contributed by atoms with Gasteiger partial charge in [0.25, 0.3) is 0 Å². The van der Waals surface area contributed by atoms with Crippen molar-refractivity contribution in [2.75, 3.05) is 0 Å². The molecule has 0 aliphatic heterocycles. The van der Waals surface area contributed by atoms with E-state index in [2.05, 4.69) is 26.0 Å². The van der Waals surface area contributed by atoms with Crippen LogP contribution in [-0.2, 0) is 0 Å². The second-order valence-corrected chi connectivity index (χ2v) is 1.99. The van der Waals surface area contributed by atoms with E-state index in [0.29, 0.717) is 0 Å². The monoisotopic (exact) mass is 273 g/mol. The van der Waals surface area contributed by atoms with E-state index >= 15 is 0 Å². The molecule has 0 amide bonds. The Balaban J connectivity index is -0.0000000800. The van der Waals surface area contributed by atoms with Gasteiger partial charge in [-0.15, -0.1) is 0 Å². The molecule has 0 heterocycles. The zero-order valence-electron chi connectivity index (χ0n) is 5.52. The fourth-order valence-electron chi connectivity index (χ4n) is 0.712. The third kappa shape index (κ3) is 8.12. The van der Waals surface area contributed by atoms with Crippen LogP contribution in [0.4, 0.5) is 0 Å². The van der Waals surface area contributed by atoms with Gasteiger partial charge in [0.15, 0.2) is 0 Å². The molecular weight excluding hydrogens is 251 g/mol. The summed E-state index contributed by atoms with van der Waals surface area (Å²) in [7, 11) is 0. The first-order valence-corrected chi connectivity index (χ1v) is 2.67. The maximum absolute atomic E-state index is 3.78. The fourth-order valence-corrected chi connectivity index (χ4v) is 0.712. The Labute approximate surface area is 95.4 Å². The van der Waals surface area contributed by atoms with Gasteiger partial charge in [-0.25, -0.2) is 0 Å². The minimum absolute atomic E-state index is 0. The van der Waals surface area contributed by atoms with Crippen LogP contribution >= 0.6 is 0 Å². The van der Waals surface area contributed by atoms with Crippen molar-refractivity contribution >= 4 is 23.9 Å². The predicted molar refractivity (Wildman–Crippen MR) is 62.3 cm³/mol. The molecule has 0 N–H and O–H groups in total. The van der Waals surface area contributed by atoms with Crippen LogP contribution in [0.5, 0.6) is 0 Å². The summed E-state index contributed by atoms with van der Waals surface area (Å²) < 4.78 is 0. The molecule has 12 heavy (non-hydrogen) atoms. The Morgan fingerprint density at radius 3 is 1.92 bits per heavy atom. The van der Waals surface area contributed by atoms with E-state index < -0.39 is 0 Å². The molecule has 0 atom stereocenters. The maximum Gasteiger partial charge on any atom is 0.0149 e. The van der Waals surface area contributed by atoms with Gasteiger partial charge in [0.2, 0.25) is 0 Å². The predicted octanol–water partition coefficient (Wildman–Crippen LogP) is 3.79. The Kier molecular flexibility index (Phi) is 20.8. The fraction of sp³-hybridized carbons (Fsp3) is 0.364. The van der Waals surface area contributed by atoms with Crippen LogP contribution in [0.1, 0.15) is 29.2 Å². The van der Waals surface area contributed by atoms with Crippen LogP contribution in [-0.4, -0.2) is 23.9 Å². The van der Waals surface area contributed by atoms with Gasteiger partial charge in [-0.05, 0) is 12.5 Å². The minimum atomic E-state index is 0. The molecule has 0 spiro atoms. The standard InChI is InChI=1S/C8H9.3CH4.Sn/c1-7-4-3-5-8(2)6-7;;;;/h3-6H,1H2,2H3;3*1H4;. The van der Waals surface area contributed by atoms with E-state index in [1.807, 2.05) is 12.2 Å². The molecule has 0 nitrogen and oxygen atoms in total. The molecule has 0 bridgehead atoms. The normalized spacial score (nSPS) is 12.4. The number of hydrogen-bond acceptors (Lipinski definition) is 0. The number of rotatable bonds is 0. The van der Waals surface area contributed by atoms with Crippen molar-refractivity contribution in [2.45, 2.75) is 29.2 Å². The van der Waals surface area contributed by atoms with Crippen LogP contribution in [0.25, 0.3) is 0 Å². The van der Waals surface area contributed by atoms with Crippen molar-refractivity contribution in [3.05, 3.63) is 42.4 Å². The number of allylic oxidation sites excluding steroid dienone is 5. The Hall–Kier alpha value is 0.0187. The molecule has 5 radical (unpaired) electrons. The summed E-state index contributed by atoms with van der Waals surface area (Å²) >= 11 is 0. The second-order valence-electron chi connectivity index (χ2n) is 1.99. The second kappa shape index (κ2) is 11.0. The molecular formula is C11H21Sn. The summed E-state index contributed by atoms with van der Waals surface area (Å²) in [6.07, 6.45) is 8.12. The first-order valence-electron chi connectivity index (χ1n) is 2.67. The molecule has 0 aromatic heterocycles. The van der Waals surface area contributed by atoms with Crippen LogP contribution in [0.2, 0.25) is 0 Å². The first kappa shape index (κ1) is 22.7. The zero-order valence-corrected chi connectivity index (χ0v) is 8.37. The summed E-state index contributed by atoms with van der Waals surface area (Å²) in [5.74, 6) is 0. The molecule has 1 aliphatic carbocycles. The van der Waals surface area contributed by atoms with Gasteiger partial charge in [0.05, 0.1) is 0 Å². The molecule has 0 aromatic rings. The van der Waals surface area contributed by atoms with E-state index in [1.165, 1.54) is 5.57 Å². The SMILES string of the molecule is C.C.C.C=C1[CH]C(C)=CC=C1.[Sn]. The van der Waals surface area contributed by atoms with Gasteiger partial charge in [0.1, 0.15) is 0 Å². The van der Waals surface area contributed by atoms with Crippen LogP contribution in [0.3, 0.4) is 0 Å². The average molecular weight is 272 g/mol. The third-order valence-electron chi connectivity index (χ3n) is 1.08. The molecule has 69 valence electrons. The van der Waals surface area contributed by atoms with Gasteiger partial charge in [0, 0.05) is 30.3 Å². The molecule has 0 aromatic carbocycles. The van der Waals surface area contributed by atoms with Crippen molar-refractivity contribution in [3.8, 4) is 0 Å². The van der Waals surface area contributed by atoms with Crippen molar-refractivity contribution in [2.24, 2.45) is 0 Å². The van der Waals surface area contributed by atoms with Crippen LogP contribution in [0.15, 0.2) is 36.0 Å². The average Bonchev–Trinajstić information content (AvgIpc) is 1.64. The Bertz CT molecular complexity index is 164. The molecule has 1 aliphatic rings. The van der Waals surface area contributed by atoms with Gasteiger partial charge in [-0.3, -0.25) is 0 Å². The summed E-state index contributed by atoms with van der Waals surface area (Å²) in [6, 6.07) is 0. The zero-order chi connectivity index (χ0) is 5.98. The number of hydrogen-bond donors (Lipinski definition) is 0. The topological polar surface area (TPSA) is 0 Å². The van der Waals surface area contributed by atoms with Crippen molar-refractivity contribution in [3.63, 3.8) is 0 Å². The first-order chi connectivity index (χ1) is 3.79. The summed E-state index contributed by atoms with van der Waals surface area (Å²) in [4.78, 5) is 0. The largest absolute Gasteiger partial charge is 0.0952 e. The van der Waals surface area contributed by atoms with E-state index in [-0.39, 0.29) is 46.2 Å². The summed E-state index contributed by atoms with van der Waals surface area (Å²) in [5.41, 5.74) is 2.36. The molecule has 0 saturated carbocycles. The van der Waals surface area contributed by atoms with E-state index in [0.717, 1.165) is 5.57 Å². The Morgan fingerprint density at radius 1 is 1.17 bits per heavy atom. The van der Waals surface area contributed by atoms with Crippen molar-refractivity contribution in [1.29, 1.82) is 0 Å². The Morgan fingerprint density at radius 2 is 1.67 bits per heavy atom.